The molecule has 0 saturated carbocycles. The third-order valence-electron chi connectivity index (χ3n) is 3.88. The molecule has 0 amide bonds. The SMILES string of the molecule is CC(c1ccc(N)cc1)N(C)CC1CCCOC1. The smallest absolute Gasteiger partial charge is 0.0506 e. The zero-order valence-electron chi connectivity index (χ0n) is 11.4. The summed E-state index contributed by atoms with van der Waals surface area (Å²) in [6.45, 7) is 5.20. The minimum absolute atomic E-state index is 0.424. The fraction of sp³-hybridized carbons (Fsp3) is 0.600. The van der Waals surface area contributed by atoms with Gasteiger partial charge in [-0.2, -0.15) is 0 Å². The van der Waals surface area contributed by atoms with Gasteiger partial charge in [0, 0.05) is 24.9 Å². The minimum Gasteiger partial charge on any atom is -0.399 e. The number of nitrogens with two attached hydrogens (primary N) is 1. The number of nitrogen functional groups attached to an aromatic ring is 1. The quantitative estimate of drug-likeness (QED) is 0.833. The summed E-state index contributed by atoms with van der Waals surface area (Å²) in [5, 5.41) is 0. The highest BCUT2D eigenvalue weighted by Gasteiger charge is 2.19. The molecule has 1 aromatic carbocycles. The van der Waals surface area contributed by atoms with Crippen LogP contribution in [0.4, 0.5) is 5.69 Å². The van der Waals surface area contributed by atoms with Crippen molar-refractivity contribution in [3.05, 3.63) is 29.8 Å². The number of hydrogen-bond acceptors (Lipinski definition) is 3. The van der Waals surface area contributed by atoms with Gasteiger partial charge in [-0.1, -0.05) is 12.1 Å². The van der Waals surface area contributed by atoms with Crippen molar-refractivity contribution in [3.63, 3.8) is 0 Å². The first kappa shape index (κ1) is 13.4. The third kappa shape index (κ3) is 3.47. The van der Waals surface area contributed by atoms with Crippen molar-refractivity contribution in [1.29, 1.82) is 0 Å². The van der Waals surface area contributed by atoms with E-state index in [9.17, 15) is 0 Å². The predicted molar refractivity (Wildman–Crippen MR) is 75.4 cm³/mol. The Morgan fingerprint density at radius 2 is 2.11 bits per heavy atom. The number of ether oxygens (including phenoxy) is 1. The van der Waals surface area contributed by atoms with E-state index in [0.29, 0.717) is 12.0 Å². The molecule has 2 unspecified atom stereocenters. The van der Waals surface area contributed by atoms with Crippen LogP contribution in [0.2, 0.25) is 0 Å². The van der Waals surface area contributed by atoms with E-state index >= 15 is 0 Å². The van der Waals surface area contributed by atoms with Crippen LogP contribution in [-0.4, -0.2) is 31.7 Å². The summed E-state index contributed by atoms with van der Waals surface area (Å²) in [7, 11) is 2.19. The van der Waals surface area contributed by atoms with Gasteiger partial charge in [-0.05, 0) is 50.4 Å². The molecule has 1 saturated heterocycles. The molecule has 0 radical (unpaired) electrons. The van der Waals surface area contributed by atoms with Gasteiger partial charge in [-0.3, -0.25) is 4.90 Å². The van der Waals surface area contributed by atoms with Crippen LogP contribution in [0.1, 0.15) is 31.4 Å². The van der Waals surface area contributed by atoms with Gasteiger partial charge in [0.05, 0.1) is 6.61 Å². The fourth-order valence-corrected chi connectivity index (χ4v) is 2.55. The molecule has 1 aromatic rings. The largest absolute Gasteiger partial charge is 0.399 e. The lowest BCUT2D eigenvalue weighted by molar-refractivity contribution is 0.0372. The molecule has 0 aliphatic carbocycles. The summed E-state index contributed by atoms with van der Waals surface area (Å²) in [5.41, 5.74) is 7.87. The summed E-state index contributed by atoms with van der Waals surface area (Å²) >= 11 is 0. The molecular weight excluding hydrogens is 224 g/mol. The molecule has 2 N–H and O–H groups in total. The normalized spacial score (nSPS) is 22.1. The Hall–Kier alpha value is -1.06. The third-order valence-corrected chi connectivity index (χ3v) is 3.88. The summed E-state index contributed by atoms with van der Waals surface area (Å²) < 4.78 is 5.54. The number of rotatable bonds is 4. The van der Waals surface area contributed by atoms with Gasteiger partial charge >= 0.3 is 0 Å². The second kappa shape index (κ2) is 6.21. The number of nitrogens with zero attached hydrogens (tertiary/aromatic N) is 1. The van der Waals surface area contributed by atoms with Crippen LogP contribution in [-0.2, 0) is 4.74 Å². The zero-order chi connectivity index (χ0) is 13.0. The number of benzene rings is 1. The number of hydrogen-bond donors (Lipinski definition) is 1. The van der Waals surface area contributed by atoms with Gasteiger partial charge in [-0.15, -0.1) is 0 Å². The maximum atomic E-state index is 5.72. The van der Waals surface area contributed by atoms with Crippen molar-refractivity contribution in [2.45, 2.75) is 25.8 Å². The molecule has 2 atom stereocenters. The summed E-state index contributed by atoms with van der Waals surface area (Å²) in [4.78, 5) is 2.41. The van der Waals surface area contributed by atoms with E-state index in [1.807, 2.05) is 12.1 Å². The Labute approximate surface area is 110 Å². The van der Waals surface area contributed by atoms with Crippen molar-refractivity contribution in [2.75, 3.05) is 32.5 Å². The van der Waals surface area contributed by atoms with Crippen LogP contribution in [0.15, 0.2) is 24.3 Å². The zero-order valence-corrected chi connectivity index (χ0v) is 11.4. The van der Waals surface area contributed by atoms with Crippen molar-refractivity contribution < 1.29 is 4.74 Å². The van der Waals surface area contributed by atoms with Crippen LogP contribution in [0.3, 0.4) is 0 Å². The highest BCUT2D eigenvalue weighted by Crippen LogP contribution is 2.23. The first-order chi connectivity index (χ1) is 8.66. The Morgan fingerprint density at radius 3 is 2.72 bits per heavy atom. The highest BCUT2D eigenvalue weighted by molar-refractivity contribution is 5.40. The molecule has 18 heavy (non-hydrogen) atoms. The molecule has 1 aliphatic heterocycles. The molecule has 0 bridgehead atoms. The summed E-state index contributed by atoms with van der Waals surface area (Å²) in [6.07, 6.45) is 2.49. The highest BCUT2D eigenvalue weighted by atomic mass is 16.5. The van der Waals surface area contributed by atoms with Crippen LogP contribution in [0, 0.1) is 5.92 Å². The molecule has 0 aromatic heterocycles. The average Bonchev–Trinajstić information content (AvgIpc) is 2.40. The van der Waals surface area contributed by atoms with E-state index in [1.54, 1.807) is 0 Å². The van der Waals surface area contributed by atoms with Crippen molar-refractivity contribution >= 4 is 5.69 Å². The van der Waals surface area contributed by atoms with Crippen molar-refractivity contribution in [3.8, 4) is 0 Å². The summed E-state index contributed by atoms with van der Waals surface area (Å²) in [6, 6.07) is 8.61. The van der Waals surface area contributed by atoms with Gasteiger partial charge < -0.3 is 10.5 Å². The van der Waals surface area contributed by atoms with Crippen LogP contribution in [0.25, 0.3) is 0 Å². The van der Waals surface area contributed by atoms with Gasteiger partial charge in [-0.25, -0.2) is 0 Å². The Balaban J connectivity index is 1.91. The molecule has 2 rings (SSSR count). The Bertz CT molecular complexity index is 357. The minimum atomic E-state index is 0.424. The monoisotopic (exact) mass is 248 g/mol. The maximum Gasteiger partial charge on any atom is 0.0506 e. The van der Waals surface area contributed by atoms with Crippen LogP contribution >= 0.6 is 0 Å². The van der Waals surface area contributed by atoms with E-state index < -0.39 is 0 Å². The van der Waals surface area contributed by atoms with Gasteiger partial charge in [0.1, 0.15) is 0 Å². The molecule has 1 heterocycles. The van der Waals surface area contributed by atoms with Crippen LogP contribution in [0.5, 0.6) is 0 Å². The molecule has 0 spiro atoms. The molecule has 100 valence electrons. The lowest BCUT2D eigenvalue weighted by atomic mass is 10.00. The first-order valence-electron chi connectivity index (χ1n) is 6.80. The molecule has 1 aliphatic rings. The van der Waals surface area contributed by atoms with Gasteiger partial charge in [0.15, 0.2) is 0 Å². The van der Waals surface area contributed by atoms with Gasteiger partial charge in [0.2, 0.25) is 0 Å². The van der Waals surface area contributed by atoms with Gasteiger partial charge in [0.25, 0.3) is 0 Å². The van der Waals surface area contributed by atoms with E-state index in [4.69, 9.17) is 10.5 Å². The number of anilines is 1. The van der Waals surface area contributed by atoms with Crippen molar-refractivity contribution in [1.82, 2.24) is 4.90 Å². The maximum absolute atomic E-state index is 5.72. The lowest BCUT2D eigenvalue weighted by Crippen LogP contribution is -2.32. The lowest BCUT2D eigenvalue weighted by Gasteiger charge is -2.31. The molecule has 3 heteroatoms. The van der Waals surface area contributed by atoms with E-state index in [0.717, 1.165) is 25.4 Å². The van der Waals surface area contributed by atoms with E-state index in [2.05, 4.69) is 31.0 Å². The van der Waals surface area contributed by atoms with Crippen molar-refractivity contribution in [2.24, 2.45) is 5.92 Å². The molecular formula is C15H24N2O. The Morgan fingerprint density at radius 1 is 1.39 bits per heavy atom. The Kier molecular flexibility index (Phi) is 4.61. The second-order valence-electron chi connectivity index (χ2n) is 5.37. The predicted octanol–water partition coefficient (Wildman–Crippen LogP) is 2.69. The average molecular weight is 248 g/mol. The summed E-state index contributed by atoms with van der Waals surface area (Å²) in [5.74, 6) is 0.681. The van der Waals surface area contributed by atoms with E-state index in [-0.39, 0.29) is 0 Å². The van der Waals surface area contributed by atoms with Crippen LogP contribution < -0.4 is 5.73 Å². The van der Waals surface area contributed by atoms with E-state index in [1.165, 1.54) is 18.4 Å². The molecule has 1 fully saturated rings. The fourth-order valence-electron chi connectivity index (χ4n) is 2.55. The first-order valence-corrected chi connectivity index (χ1v) is 6.80. The molecule has 3 nitrogen and oxygen atoms in total. The topological polar surface area (TPSA) is 38.5 Å². The standard InChI is InChI=1S/C15H24N2O/c1-12(14-5-7-15(16)8-6-14)17(2)10-13-4-3-9-18-11-13/h5-8,12-13H,3-4,9-11,16H2,1-2H3. The second-order valence-corrected chi connectivity index (χ2v) is 5.37.